The zero-order valence-corrected chi connectivity index (χ0v) is 14.5. The summed E-state index contributed by atoms with van der Waals surface area (Å²) in [5, 5.41) is 3.23. The maximum absolute atomic E-state index is 12.5. The standard InChI is InChI=1S/C18H17N3O3S/c1-25-18-20-15(13-6-3-2-4-7-13)10-17(23)21(18)12-16(22)19-11-14-8-5-9-24-14/h2-10H,11-12H2,1H3,(H,19,22). The molecule has 6 nitrogen and oxygen atoms in total. The van der Waals surface area contributed by atoms with E-state index in [-0.39, 0.29) is 24.6 Å². The van der Waals surface area contributed by atoms with E-state index in [4.69, 9.17) is 4.42 Å². The van der Waals surface area contributed by atoms with Gasteiger partial charge in [0.1, 0.15) is 12.3 Å². The summed E-state index contributed by atoms with van der Waals surface area (Å²) in [6.45, 7) is 0.197. The van der Waals surface area contributed by atoms with Crippen molar-refractivity contribution in [2.75, 3.05) is 6.26 Å². The molecule has 25 heavy (non-hydrogen) atoms. The Morgan fingerprint density at radius 3 is 2.72 bits per heavy atom. The van der Waals surface area contributed by atoms with Crippen LogP contribution >= 0.6 is 11.8 Å². The second kappa shape index (κ2) is 7.85. The number of furan rings is 1. The lowest BCUT2D eigenvalue weighted by molar-refractivity contribution is -0.122. The molecule has 7 heteroatoms. The Bertz CT molecular complexity index is 905. The molecule has 0 radical (unpaired) electrons. The third-order valence-corrected chi connectivity index (χ3v) is 4.24. The first-order valence-corrected chi connectivity index (χ1v) is 8.90. The highest BCUT2D eigenvalue weighted by Crippen LogP contribution is 2.18. The maximum atomic E-state index is 12.5. The van der Waals surface area contributed by atoms with Gasteiger partial charge in [-0.3, -0.25) is 14.2 Å². The van der Waals surface area contributed by atoms with E-state index in [0.717, 1.165) is 5.56 Å². The van der Waals surface area contributed by atoms with Crippen molar-refractivity contribution in [3.05, 3.63) is 70.9 Å². The number of rotatable bonds is 6. The van der Waals surface area contributed by atoms with Gasteiger partial charge in [-0.1, -0.05) is 42.1 Å². The van der Waals surface area contributed by atoms with Gasteiger partial charge in [0.15, 0.2) is 5.16 Å². The number of carbonyl (C=O) groups is 1. The highest BCUT2D eigenvalue weighted by atomic mass is 32.2. The van der Waals surface area contributed by atoms with E-state index in [1.165, 1.54) is 22.4 Å². The summed E-state index contributed by atoms with van der Waals surface area (Å²) in [5.74, 6) is 0.381. The molecule has 0 unspecified atom stereocenters. The van der Waals surface area contributed by atoms with E-state index >= 15 is 0 Å². The second-order valence-electron chi connectivity index (χ2n) is 5.27. The summed E-state index contributed by atoms with van der Waals surface area (Å²) in [6, 6.07) is 14.5. The van der Waals surface area contributed by atoms with Crippen molar-refractivity contribution in [3.63, 3.8) is 0 Å². The maximum Gasteiger partial charge on any atom is 0.255 e. The minimum atomic E-state index is -0.275. The van der Waals surface area contributed by atoms with Crippen LogP contribution in [0.15, 0.2) is 69.2 Å². The van der Waals surface area contributed by atoms with Crippen molar-refractivity contribution in [1.29, 1.82) is 0 Å². The molecule has 0 aliphatic heterocycles. The molecule has 1 amide bonds. The number of thioether (sulfide) groups is 1. The van der Waals surface area contributed by atoms with Crippen molar-refractivity contribution in [1.82, 2.24) is 14.9 Å². The zero-order chi connectivity index (χ0) is 17.6. The van der Waals surface area contributed by atoms with Crippen molar-refractivity contribution < 1.29 is 9.21 Å². The zero-order valence-electron chi connectivity index (χ0n) is 13.6. The van der Waals surface area contributed by atoms with Gasteiger partial charge in [-0.15, -0.1) is 0 Å². The Balaban J connectivity index is 1.79. The van der Waals surface area contributed by atoms with Gasteiger partial charge in [-0.05, 0) is 18.4 Å². The van der Waals surface area contributed by atoms with Crippen LogP contribution in [-0.2, 0) is 17.9 Å². The number of carbonyl (C=O) groups excluding carboxylic acids is 1. The summed E-state index contributed by atoms with van der Waals surface area (Å²) >= 11 is 1.33. The smallest absolute Gasteiger partial charge is 0.255 e. The van der Waals surface area contributed by atoms with Crippen LogP contribution in [0.5, 0.6) is 0 Å². The van der Waals surface area contributed by atoms with Gasteiger partial charge >= 0.3 is 0 Å². The summed E-state index contributed by atoms with van der Waals surface area (Å²) in [6.07, 6.45) is 3.37. The molecule has 1 aromatic carbocycles. The lowest BCUT2D eigenvalue weighted by atomic mass is 10.1. The first kappa shape index (κ1) is 17.0. The Kier molecular flexibility index (Phi) is 5.35. The molecule has 3 rings (SSSR count). The minimum Gasteiger partial charge on any atom is -0.467 e. The van der Waals surface area contributed by atoms with Gasteiger partial charge in [0, 0.05) is 11.6 Å². The molecule has 2 heterocycles. The number of hydrogen-bond donors (Lipinski definition) is 1. The fourth-order valence-electron chi connectivity index (χ4n) is 2.34. The topological polar surface area (TPSA) is 77.1 Å². The molecule has 0 aliphatic rings. The normalized spacial score (nSPS) is 10.6. The number of nitrogens with zero attached hydrogens (tertiary/aromatic N) is 2. The van der Waals surface area contributed by atoms with Crippen molar-refractivity contribution in [2.24, 2.45) is 0 Å². The summed E-state index contributed by atoms with van der Waals surface area (Å²) in [5.41, 5.74) is 1.21. The predicted octanol–water partition coefficient (Wildman–Crippen LogP) is 2.54. The van der Waals surface area contributed by atoms with E-state index in [0.29, 0.717) is 16.6 Å². The van der Waals surface area contributed by atoms with Gasteiger partial charge < -0.3 is 9.73 Å². The third-order valence-electron chi connectivity index (χ3n) is 3.57. The van der Waals surface area contributed by atoms with E-state index in [1.54, 1.807) is 18.4 Å². The van der Waals surface area contributed by atoms with E-state index < -0.39 is 0 Å². The average Bonchev–Trinajstić information content (AvgIpc) is 3.16. The van der Waals surface area contributed by atoms with Crippen molar-refractivity contribution >= 4 is 17.7 Å². The fourth-order valence-corrected chi connectivity index (χ4v) is 2.91. The predicted molar refractivity (Wildman–Crippen MR) is 96.3 cm³/mol. The Morgan fingerprint density at radius 1 is 1.24 bits per heavy atom. The highest BCUT2D eigenvalue weighted by molar-refractivity contribution is 7.98. The molecule has 3 aromatic rings. The molecule has 1 N–H and O–H groups in total. The Labute approximate surface area is 148 Å². The molecule has 0 aliphatic carbocycles. The molecular formula is C18H17N3O3S. The minimum absolute atomic E-state index is 0.0855. The third kappa shape index (κ3) is 4.19. The van der Waals surface area contributed by atoms with Gasteiger partial charge in [0.05, 0.1) is 18.5 Å². The monoisotopic (exact) mass is 355 g/mol. The average molecular weight is 355 g/mol. The summed E-state index contributed by atoms with van der Waals surface area (Å²) in [7, 11) is 0. The second-order valence-corrected chi connectivity index (χ2v) is 6.05. The van der Waals surface area contributed by atoms with Gasteiger partial charge in [0.2, 0.25) is 5.91 Å². The first-order valence-electron chi connectivity index (χ1n) is 7.68. The first-order chi connectivity index (χ1) is 12.2. The van der Waals surface area contributed by atoms with Crippen LogP contribution in [0.3, 0.4) is 0 Å². The fraction of sp³-hybridized carbons (Fsp3) is 0.167. The number of aromatic nitrogens is 2. The molecule has 128 valence electrons. The molecular weight excluding hydrogens is 338 g/mol. The summed E-state index contributed by atoms with van der Waals surface area (Å²) < 4.78 is 6.54. The molecule has 0 saturated carbocycles. The lowest BCUT2D eigenvalue weighted by Crippen LogP contribution is -2.33. The van der Waals surface area contributed by atoms with Gasteiger partial charge in [0.25, 0.3) is 5.56 Å². The quantitative estimate of drug-likeness (QED) is 0.543. The largest absolute Gasteiger partial charge is 0.467 e. The number of benzene rings is 1. The van der Waals surface area contributed by atoms with E-state index in [9.17, 15) is 9.59 Å². The SMILES string of the molecule is CSc1nc(-c2ccccc2)cc(=O)n1CC(=O)NCc1ccco1. The molecule has 0 fully saturated rings. The van der Waals surface area contributed by atoms with Crippen LogP contribution in [0.2, 0.25) is 0 Å². The van der Waals surface area contributed by atoms with Gasteiger partial charge in [-0.25, -0.2) is 4.98 Å². The number of amides is 1. The Morgan fingerprint density at radius 2 is 2.04 bits per heavy atom. The summed E-state index contributed by atoms with van der Waals surface area (Å²) in [4.78, 5) is 29.1. The molecule has 0 saturated heterocycles. The highest BCUT2D eigenvalue weighted by Gasteiger charge is 2.13. The van der Waals surface area contributed by atoms with E-state index in [1.807, 2.05) is 36.6 Å². The van der Waals surface area contributed by atoms with Crippen molar-refractivity contribution in [3.8, 4) is 11.3 Å². The number of hydrogen-bond acceptors (Lipinski definition) is 5. The van der Waals surface area contributed by atoms with Crippen LogP contribution < -0.4 is 10.9 Å². The molecule has 0 bridgehead atoms. The molecule has 2 aromatic heterocycles. The van der Waals surface area contributed by atoms with Crippen LogP contribution in [-0.4, -0.2) is 21.7 Å². The van der Waals surface area contributed by atoms with Crippen LogP contribution in [0.1, 0.15) is 5.76 Å². The van der Waals surface area contributed by atoms with E-state index in [2.05, 4.69) is 10.3 Å². The van der Waals surface area contributed by atoms with Crippen LogP contribution in [0.4, 0.5) is 0 Å². The Hall–Kier alpha value is -2.80. The van der Waals surface area contributed by atoms with Gasteiger partial charge in [-0.2, -0.15) is 0 Å². The molecule has 0 spiro atoms. The van der Waals surface area contributed by atoms with Crippen molar-refractivity contribution in [2.45, 2.75) is 18.2 Å². The molecule has 0 atom stereocenters. The van der Waals surface area contributed by atoms with Crippen LogP contribution in [0, 0.1) is 0 Å². The number of nitrogens with one attached hydrogen (secondary N) is 1. The van der Waals surface area contributed by atoms with Crippen LogP contribution in [0.25, 0.3) is 11.3 Å². The lowest BCUT2D eigenvalue weighted by Gasteiger charge is -2.12.